The van der Waals surface area contributed by atoms with Gasteiger partial charge in [0.15, 0.2) is 6.61 Å². The highest BCUT2D eigenvalue weighted by Gasteiger charge is 2.29. The zero-order valence-electron chi connectivity index (χ0n) is 14.8. The molecule has 4 rings (SSSR count). The van der Waals surface area contributed by atoms with E-state index < -0.39 is 0 Å². The molecule has 1 aromatic carbocycles. The van der Waals surface area contributed by atoms with Crippen molar-refractivity contribution >= 4 is 22.8 Å². The van der Waals surface area contributed by atoms with Crippen LogP contribution in [0.4, 0.5) is 0 Å². The Kier molecular flexibility index (Phi) is 4.82. The molecule has 0 unspecified atom stereocenters. The van der Waals surface area contributed by atoms with Crippen LogP contribution in [0.2, 0.25) is 0 Å². The van der Waals surface area contributed by atoms with Crippen molar-refractivity contribution < 1.29 is 18.7 Å². The van der Waals surface area contributed by atoms with Gasteiger partial charge in [-0.2, -0.15) is 0 Å². The average Bonchev–Trinajstić information content (AvgIpc) is 3.44. The Bertz CT molecular complexity index is 823. The molecular weight excluding hydrogens is 332 g/mol. The van der Waals surface area contributed by atoms with Crippen molar-refractivity contribution in [3.63, 3.8) is 0 Å². The molecular formula is C20H24N2O4. The number of rotatable bonds is 7. The van der Waals surface area contributed by atoms with E-state index >= 15 is 0 Å². The number of fused-ring (bicyclic) bond motifs is 3. The molecule has 26 heavy (non-hydrogen) atoms. The second kappa shape index (κ2) is 7.40. The molecule has 0 radical (unpaired) electrons. The molecule has 0 aliphatic heterocycles. The molecule has 1 aromatic heterocycles. The summed E-state index contributed by atoms with van der Waals surface area (Å²) in [7, 11) is 0. The average molecular weight is 356 g/mol. The first-order chi connectivity index (χ1) is 12.7. The van der Waals surface area contributed by atoms with Crippen LogP contribution in [0.25, 0.3) is 11.0 Å². The number of aryl methyl sites for hydroxylation is 2. The molecule has 0 saturated heterocycles. The maximum atomic E-state index is 11.9. The predicted octanol–water partition coefficient (Wildman–Crippen LogP) is 2.33. The zero-order valence-corrected chi connectivity index (χ0v) is 14.8. The number of carbonyl (C=O) groups excluding carboxylic acids is 2. The Balaban J connectivity index is 1.26. The highest BCUT2D eigenvalue weighted by atomic mass is 16.5. The summed E-state index contributed by atoms with van der Waals surface area (Å²) in [5.74, 6) is 1.85. The normalized spacial score (nSPS) is 16.2. The third kappa shape index (κ3) is 3.84. The van der Waals surface area contributed by atoms with Gasteiger partial charge in [0.1, 0.15) is 17.1 Å². The number of hydrogen-bond acceptors (Lipinski definition) is 4. The fraction of sp³-hybridized carbons (Fsp3) is 0.500. The van der Waals surface area contributed by atoms with Gasteiger partial charge in [-0.25, -0.2) is 0 Å². The zero-order chi connectivity index (χ0) is 17.9. The van der Waals surface area contributed by atoms with Crippen LogP contribution in [0.3, 0.4) is 0 Å². The fourth-order valence-electron chi connectivity index (χ4n) is 3.41. The van der Waals surface area contributed by atoms with E-state index in [1.54, 1.807) is 0 Å². The number of furan rings is 1. The van der Waals surface area contributed by atoms with Crippen LogP contribution in [-0.4, -0.2) is 31.5 Å². The van der Waals surface area contributed by atoms with Crippen molar-refractivity contribution in [2.75, 3.05) is 19.7 Å². The Hall–Kier alpha value is -2.50. The summed E-state index contributed by atoms with van der Waals surface area (Å²) in [5, 5.41) is 6.67. The Morgan fingerprint density at radius 2 is 1.92 bits per heavy atom. The number of hydrogen-bond donors (Lipinski definition) is 2. The predicted molar refractivity (Wildman–Crippen MR) is 97.1 cm³/mol. The van der Waals surface area contributed by atoms with Gasteiger partial charge in [0.25, 0.3) is 5.91 Å². The minimum absolute atomic E-state index is 0.0396. The maximum Gasteiger partial charge on any atom is 0.258 e. The van der Waals surface area contributed by atoms with Crippen molar-refractivity contribution in [3.8, 4) is 5.75 Å². The molecule has 2 N–H and O–H groups in total. The summed E-state index contributed by atoms with van der Waals surface area (Å²) in [4.78, 5) is 23.4. The molecule has 2 amide bonds. The number of nitrogens with one attached hydrogen (secondary N) is 2. The summed E-state index contributed by atoms with van der Waals surface area (Å²) in [6, 6.07) is 5.71. The summed E-state index contributed by atoms with van der Waals surface area (Å²) < 4.78 is 11.5. The molecule has 0 spiro atoms. The Labute approximate surface area is 152 Å². The molecule has 1 heterocycles. The van der Waals surface area contributed by atoms with Crippen molar-refractivity contribution in [2.45, 2.75) is 38.5 Å². The van der Waals surface area contributed by atoms with Gasteiger partial charge in [0, 0.05) is 36.4 Å². The second-order valence-electron chi connectivity index (χ2n) is 7.07. The van der Waals surface area contributed by atoms with E-state index in [0.717, 1.165) is 42.4 Å². The van der Waals surface area contributed by atoms with Crippen molar-refractivity contribution in [2.24, 2.45) is 5.92 Å². The molecule has 138 valence electrons. The Morgan fingerprint density at radius 3 is 2.77 bits per heavy atom. The van der Waals surface area contributed by atoms with Gasteiger partial charge >= 0.3 is 0 Å². The topological polar surface area (TPSA) is 80.6 Å². The van der Waals surface area contributed by atoms with Gasteiger partial charge < -0.3 is 19.8 Å². The first kappa shape index (κ1) is 16.9. The van der Waals surface area contributed by atoms with E-state index in [4.69, 9.17) is 9.15 Å². The van der Waals surface area contributed by atoms with E-state index in [1.807, 2.05) is 18.2 Å². The largest absolute Gasteiger partial charge is 0.484 e. The maximum absolute atomic E-state index is 11.9. The lowest BCUT2D eigenvalue weighted by Gasteiger charge is -2.10. The lowest BCUT2D eigenvalue weighted by molar-refractivity contribution is -0.124. The van der Waals surface area contributed by atoms with Crippen LogP contribution in [0.5, 0.6) is 5.75 Å². The molecule has 2 aliphatic carbocycles. The number of ether oxygens (including phenoxy) is 1. The van der Waals surface area contributed by atoms with Gasteiger partial charge in [-0.1, -0.05) is 0 Å². The molecule has 6 heteroatoms. The summed E-state index contributed by atoms with van der Waals surface area (Å²) in [6.45, 7) is 0.825. The SMILES string of the molecule is O=C(COc1ccc2oc3c(c2c1)CCCC3)NCCNC(=O)C1CC1. The fourth-order valence-corrected chi connectivity index (χ4v) is 3.41. The van der Waals surface area contributed by atoms with Gasteiger partial charge in [0.05, 0.1) is 0 Å². The first-order valence-electron chi connectivity index (χ1n) is 9.42. The second-order valence-corrected chi connectivity index (χ2v) is 7.07. The quantitative estimate of drug-likeness (QED) is 0.746. The molecule has 1 saturated carbocycles. The summed E-state index contributed by atoms with van der Waals surface area (Å²) in [5.41, 5.74) is 2.17. The number of benzene rings is 1. The minimum Gasteiger partial charge on any atom is -0.484 e. The Morgan fingerprint density at radius 1 is 1.12 bits per heavy atom. The van der Waals surface area contributed by atoms with Gasteiger partial charge in [0.2, 0.25) is 5.91 Å². The summed E-state index contributed by atoms with van der Waals surface area (Å²) >= 11 is 0. The van der Waals surface area contributed by atoms with Crippen LogP contribution >= 0.6 is 0 Å². The monoisotopic (exact) mass is 356 g/mol. The molecule has 1 fully saturated rings. The van der Waals surface area contributed by atoms with E-state index in [0.29, 0.717) is 18.8 Å². The highest BCUT2D eigenvalue weighted by Crippen LogP contribution is 2.33. The van der Waals surface area contributed by atoms with E-state index in [-0.39, 0.29) is 24.3 Å². The molecule has 2 aromatic rings. The lowest BCUT2D eigenvalue weighted by atomic mass is 9.96. The van der Waals surface area contributed by atoms with Crippen molar-refractivity contribution in [3.05, 3.63) is 29.5 Å². The van der Waals surface area contributed by atoms with E-state index in [2.05, 4.69) is 10.6 Å². The van der Waals surface area contributed by atoms with Crippen LogP contribution in [0.1, 0.15) is 37.0 Å². The molecule has 0 atom stereocenters. The first-order valence-corrected chi connectivity index (χ1v) is 9.42. The van der Waals surface area contributed by atoms with Crippen LogP contribution in [0.15, 0.2) is 22.6 Å². The van der Waals surface area contributed by atoms with Crippen LogP contribution in [-0.2, 0) is 22.4 Å². The smallest absolute Gasteiger partial charge is 0.258 e. The highest BCUT2D eigenvalue weighted by molar-refractivity contribution is 5.84. The van der Waals surface area contributed by atoms with Crippen molar-refractivity contribution in [1.82, 2.24) is 10.6 Å². The molecule has 0 bridgehead atoms. The van der Waals surface area contributed by atoms with Crippen LogP contribution < -0.4 is 15.4 Å². The standard InChI is InChI=1S/C20H24N2O4/c23-19(21-9-10-22-20(24)13-5-6-13)12-25-14-7-8-18-16(11-14)15-3-1-2-4-17(15)26-18/h7-8,11,13H,1-6,9-10,12H2,(H,21,23)(H,22,24). The number of carbonyl (C=O) groups is 2. The van der Waals surface area contributed by atoms with Gasteiger partial charge in [-0.05, 0) is 50.3 Å². The minimum atomic E-state index is -0.194. The molecule has 2 aliphatic rings. The third-order valence-corrected chi connectivity index (χ3v) is 4.99. The van der Waals surface area contributed by atoms with Gasteiger partial charge in [-0.15, -0.1) is 0 Å². The third-order valence-electron chi connectivity index (χ3n) is 4.99. The van der Waals surface area contributed by atoms with Crippen LogP contribution in [0, 0.1) is 5.92 Å². The lowest BCUT2D eigenvalue weighted by Crippen LogP contribution is -2.37. The molecule has 6 nitrogen and oxygen atoms in total. The number of amides is 2. The van der Waals surface area contributed by atoms with Gasteiger partial charge in [-0.3, -0.25) is 9.59 Å². The summed E-state index contributed by atoms with van der Waals surface area (Å²) in [6.07, 6.45) is 6.37. The van der Waals surface area contributed by atoms with E-state index in [1.165, 1.54) is 18.4 Å². The van der Waals surface area contributed by atoms with Crippen molar-refractivity contribution in [1.29, 1.82) is 0 Å². The van der Waals surface area contributed by atoms with E-state index in [9.17, 15) is 9.59 Å².